The zero-order chi connectivity index (χ0) is 13.0. The van der Waals surface area contributed by atoms with Crippen molar-refractivity contribution < 1.29 is 4.74 Å². The second-order valence-electron chi connectivity index (χ2n) is 5.11. The molecule has 0 spiro atoms. The van der Waals surface area contributed by atoms with E-state index in [0.717, 1.165) is 31.0 Å². The molecular weight excluding hydrogens is 224 g/mol. The van der Waals surface area contributed by atoms with Crippen LogP contribution in [0.3, 0.4) is 0 Å². The Balaban J connectivity index is 2.17. The minimum absolute atomic E-state index is 0.612. The Morgan fingerprint density at radius 3 is 2.94 bits per heavy atom. The number of nitrogen functional groups attached to an aromatic ring is 1. The van der Waals surface area contributed by atoms with Crippen molar-refractivity contribution >= 4 is 11.4 Å². The van der Waals surface area contributed by atoms with Crippen LogP contribution in [0.2, 0.25) is 0 Å². The molecule has 0 aromatic heterocycles. The van der Waals surface area contributed by atoms with E-state index in [1.165, 1.54) is 24.9 Å². The summed E-state index contributed by atoms with van der Waals surface area (Å²) in [6, 6.07) is 6.77. The van der Waals surface area contributed by atoms with Crippen LogP contribution >= 0.6 is 0 Å². The maximum atomic E-state index is 5.95. The molecule has 1 aliphatic rings. The molecular formula is C15H24N2O. The zero-order valence-electron chi connectivity index (χ0n) is 11.5. The molecule has 1 fully saturated rings. The van der Waals surface area contributed by atoms with Crippen molar-refractivity contribution in [2.75, 3.05) is 23.8 Å². The summed E-state index contributed by atoms with van der Waals surface area (Å²) in [5.41, 5.74) is 7.92. The van der Waals surface area contributed by atoms with Crippen LogP contribution in [0.25, 0.3) is 0 Å². The normalized spacial score (nSPS) is 19.9. The van der Waals surface area contributed by atoms with Crippen LogP contribution < -0.4 is 15.4 Å². The van der Waals surface area contributed by atoms with E-state index in [4.69, 9.17) is 10.5 Å². The van der Waals surface area contributed by atoms with Gasteiger partial charge in [-0.25, -0.2) is 0 Å². The summed E-state index contributed by atoms with van der Waals surface area (Å²) in [6.45, 7) is 6.26. The Morgan fingerprint density at radius 1 is 1.39 bits per heavy atom. The van der Waals surface area contributed by atoms with Crippen LogP contribution in [0.15, 0.2) is 18.2 Å². The average Bonchev–Trinajstić information content (AvgIpc) is 2.39. The van der Waals surface area contributed by atoms with E-state index in [0.29, 0.717) is 6.04 Å². The number of hydrogen-bond donors (Lipinski definition) is 1. The molecule has 1 heterocycles. The van der Waals surface area contributed by atoms with Gasteiger partial charge in [0.2, 0.25) is 0 Å². The molecule has 0 amide bonds. The number of nitrogens with zero attached hydrogens (tertiary/aromatic N) is 1. The van der Waals surface area contributed by atoms with Crippen molar-refractivity contribution in [3.63, 3.8) is 0 Å². The van der Waals surface area contributed by atoms with E-state index >= 15 is 0 Å². The molecule has 2 rings (SSSR count). The molecule has 3 heteroatoms. The third kappa shape index (κ3) is 2.89. The van der Waals surface area contributed by atoms with E-state index in [1.54, 1.807) is 0 Å². The van der Waals surface area contributed by atoms with Gasteiger partial charge in [0.25, 0.3) is 0 Å². The van der Waals surface area contributed by atoms with Gasteiger partial charge in [0.05, 0.1) is 12.3 Å². The molecule has 0 saturated carbocycles. The Bertz CT molecular complexity index is 392. The number of anilines is 2. The van der Waals surface area contributed by atoms with Gasteiger partial charge in [-0.1, -0.05) is 6.92 Å². The first-order valence-electron chi connectivity index (χ1n) is 7.01. The lowest BCUT2D eigenvalue weighted by Crippen LogP contribution is -2.37. The molecule has 1 aliphatic heterocycles. The van der Waals surface area contributed by atoms with Crippen LogP contribution in [0.5, 0.6) is 5.75 Å². The van der Waals surface area contributed by atoms with Crippen LogP contribution in [0, 0.1) is 0 Å². The lowest BCUT2D eigenvalue weighted by molar-refractivity contribution is 0.319. The molecule has 1 aromatic rings. The second kappa shape index (κ2) is 5.98. The fourth-order valence-corrected chi connectivity index (χ4v) is 2.52. The predicted molar refractivity (Wildman–Crippen MR) is 77.3 cm³/mol. The number of benzene rings is 1. The number of rotatable bonds is 4. The summed E-state index contributed by atoms with van der Waals surface area (Å²) in [7, 11) is 0. The quantitative estimate of drug-likeness (QED) is 0.830. The van der Waals surface area contributed by atoms with Gasteiger partial charge >= 0.3 is 0 Å². The van der Waals surface area contributed by atoms with Crippen LogP contribution in [0.1, 0.15) is 39.5 Å². The first-order valence-corrected chi connectivity index (χ1v) is 7.01. The highest BCUT2D eigenvalue weighted by atomic mass is 16.5. The van der Waals surface area contributed by atoms with Gasteiger partial charge in [0, 0.05) is 24.3 Å². The van der Waals surface area contributed by atoms with E-state index in [9.17, 15) is 0 Å². The number of hydrogen-bond acceptors (Lipinski definition) is 3. The SMILES string of the molecule is CCCOc1cc(N2CCCCC2C)ccc1N. The number of nitrogens with two attached hydrogens (primary N) is 1. The highest BCUT2D eigenvalue weighted by Crippen LogP contribution is 2.31. The largest absolute Gasteiger partial charge is 0.491 e. The van der Waals surface area contributed by atoms with Gasteiger partial charge < -0.3 is 15.4 Å². The molecule has 1 atom stereocenters. The van der Waals surface area contributed by atoms with Gasteiger partial charge in [0.15, 0.2) is 0 Å². The molecule has 1 unspecified atom stereocenters. The van der Waals surface area contributed by atoms with Crippen molar-refractivity contribution in [1.29, 1.82) is 0 Å². The summed E-state index contributed by atoms with van der Waals surface area (Å²) in [5.74, 6) is 0.826. The minimum atomic E-state index is 0.612. The van der Waals surface area contributed by atoms with Crippen molar-refractivity contribution in [3.8, 4) is 5.75 Å². The van der Waals surface area contributed by atoms with Crippen molar-refractivity contribution in [2.45, 2.75) is 45.6 Å². The molecule has 2 N–H and O–H groups in total. The van der Waals surface area contributed by atoms with Crippen LogP contribution in [0.4, 0.5) is 11.4 Å². The lowest BCUT2D eigenvalue weighted by atomic mass is 10.0. The molecule has 18 heavy (non-hydrogen) atoms. The molecule has 3 nitrogen and oxygen atoms in total. The number of ether oxygens (including phenoxy) is 1. The summed E-state index contributed by atoms with van der Waals surface area (Å²) in [6.07, 6.45) is 4.89. The average molecular weight is 248 g/mol. The third-order valence-corrected chi connectivity index (χ3v) is 3.59. The smallest absolute Gasteiger partial charge is 0.144 e. The highest BCUT2D eigenvalue weighted by Gasteiger charge is 2.19. The van der Waals surface area contributed by atoms with E-state index in [1.807, 2.05) is 6.07 Å². The summed E-state index contributed by atoms with van der Waals surface area (Å²) in [5, 5.41) is 0. The van der Waals surface area contributed by atoms with E-state index < -0.39 is 0 Å². The standard InChI is InChI=1S/C15H24N2O/c1-3-10-18-15-11-13(7-8-14(15)16)17-9-5-4-6-12(17)2/h7-8,11-12H,3-6,9-10,16H2,1-2H3. The van der Waals surface area contributed by atoms with Gasteiger partial charge in [0.1, 0.15) is 5.75 Å². The Labute approximate surface area is 110 Å². The van der Waals surface area contributed by atoms with E-state index in [2.05, 4.69) is 30.9 Å². The maximum Gasteiger partial charge on any atom is 0.144 e. The van der Waals surface area contributed by atoms with Gasteiger partial charge in [-0.2, -0.15) is 0 Å². The lowest BCUT2D eigenvalue weighted by Gasteiger charge is -2.35. The summed E-state index contributed by atoms with van der Waals surface area (Å²) >= 11 is 0. The van der Waals surface area contributed by atoms with Gasteiger partial charge in [-0.15, -0.1) is 0 Å². The molecule has 100 valence electrons. The molecule has 1 aromatic carbocycles. The Morgan fingerprint density at radius 2 is 2.22 bits per heavy atom. The summed E-state index contributed by atoms with van der Waals surface area (Å²) < 4.78 is 5.70. The van der Waals surface area contributed by atoms with Gasteiger partial charge in [-0.3, -0.25) is 0 Å². The Hall–Kier alpha value is -1.38. The van der Waals surface area contributed by atoms with Crippen molar-refractivity contribution in [1.82, 2.24) is 0 Å². The highest BCUT2D eigenvalue weighted by molar-refractivity contribution is 5.62. The number of piperidine rings is 1. The Kier molecular flexibility index (Phi) is 4.34. The molecule has 1 saturated heterocycles. The molecule has 0 bridgehead atoms. The fraction of sp³-hybridized carbons (Fsp3) is 0.600. The van der Waals surface area contributed by atoms with E-state index in [-0.39, 0.29) is 0 Å². The van der Waals surface area contributed by atoms with Crippen LogP contribution in [-0.2, 0) is 0 Å². The van der Waals surface area contributed by atoms with Crippen molar-refractivity contribution in [2.24, 2.45) is 0 Å². The first-order chi connectivity index (χ1) is 8.72. The van der Waals surface area contributed by atoms with Crippen molar-refractivity contribution in [3.05, 3.63) is 18.2 Å². The third-order valence-electron chi connectivity index (χ3n) is 3.59. The first kappa shape index (κ1) is 13.1. The molecule has 0 aliphatic carbocycles. The monoisotopic (exact) mass is 248 g/mol. The van der Waals surface area contributed by atoms with Crippen LogP contribution in [-0.4, -0.2) is 19.2 Å². The molecule has 0 radical (unpaired) electrons. The zero-order valence-corrected chi connectivity index (χ0v) is 11.5. The second-order valence-corrected chi connectivity index (χ2v) is 5.11. The summed E-state index contributed by atoms with van der Waals surface area (Å²) in [4.78, 5) is 2.46. The maximum absolute atomic E-state index is 5.95. The predicted octanol–water partition coefficient (Wildman–Crippen LogP) is 3.44. The van der Waals surface area contributed by atoms with Gasteiger partial charge in [-0.05, 0) is 44.7 Å². The minimum Gasteiger partial charge on any atom is -0.491 e. The fourth-order valence-electron chi connectivity index (χ4n) is 2.52. The topological polar surface area (TPSA) is 38.5 Å².